The highest BCUT2D eigenvalue weighted by Crippen LogP contribution is 2.40. The molecule has 0 atom stereocenters. The van der Waals surface area contributed by atoms with Gasteiger partial charge in [0.1, 0.15) is 0 Å². The van der Waals surface area contributed by atoms with Gasteiger partial charge in [0.05, 0.1) is 0 Å². The SMILES string of the molecule is CC(=O)Nc1ccc(SC(F)(F)C(F)F)cc1. The molecule has 0 radical (unpaired) electrons. The van der Waals surface area contributed by atoms with Gasteiger partial charge in [-0.25, -0.2) is 8.78 Å². The Bertz CT molecular complexity index is 394. The fourth-order valence-corrected chi connectivity index (χ4v) is 1.69. The zero-order valence-corrected chi connectivity index (χ0v) is 9.53. The molecule has 1 N–H and O–H groups in total. The number of benzene rings is 1. The molecule has 7 heteroatoms. The lowest BCUT2D eigenvalue weighted by Crippen LogP contribution is -2.21. The quantitative estimate of drug-likeness (QED) is 0.667. The van der Waals surface area contributed by atoms with E-state index in [1.165, 1.54) is 31.2 Å². The molecular formula is C10H9F4NOS. The zero-order valence-electron chi connectivity index (χ0n) is 8.72. The topological polar surface area (TPSA) is 29.1 Å². The molecule has 0 aromatic heterocycles. The number of carbonyl (C=O) groups is 1. The van der Waals surface area contributed by atoms with Gasteiger partial charge in [-0.2, -0.15) is 8.78 Å². The van der Waals surface area contributed by atoms with E-state index in [0.29, 0.717) is 5.69 Å². The molecule has 2 nitrogen and oxygen atoms in total. The summed E-state index contributed by atoms with van der Waals surface area (Å²) in [6, 6.07) is 5.22. The van der Waals surface area contributed by atoms with E-state index in [1.54, 1.807) is 0 Å². The van der Waals surface area contributed by atoms with Crippen molar-refractivity contribution in [2.45, 2.75) is 23.5 Å². The maximum Gasteiger partial charge on any atom is 0.357 e. The predicted octanol–water partition coefficient (Wildman–Crippen LogP) is 3.60. The largest absolute Gasteiger partial charge is 0.357 e. The van der Waals surface area contributed by atoms with Crippen molar-refractivity contribution in [1.82, 2.24) is 0 Å². The van der Waals surface area contributed by atoms with Crippen LogP contribution in [-0.4, -0.2) is 17.6 Å². The van der Waals surface area contributed by atoms with Gasteiger partial charge in [0, 0.05) is 17.5 Å². The van der Waals surface area contributed by atoms with Crippen LogP contribution in [0.4, 0.5) is 23.2 Å². The van der Waals surface area contributed by atoms with Gasteiger partial charge in [-0.1, -0.05) is 0 Å². The highest BCUT2D eigenvalue weighted by atomic mass is 32.2. The Kier molecular flexibility index (Phi) is 4.39. The molecule has 0 aliphatic heterocycles. The average molecular weight is 267 g/mol. The monoisotopic (exact) mass is 267 g/mol. The fraction of sp³-hybridized carbons (Fsp3) is 0.300. The van der Waals surface area contributed by atoms with Gasteiger partial charge in [0.15, 0.2) is 0 Å². The van der Waals surface area contributed by atoms with Crippen molar-refractivity contribution in [1.29, 1.82) is 0 Å². The van der Waals surface area contributed by atoms with Crippen molar-refractivity contribution in [3.63, 3.8) is 0 Å². The third-order valence-electron chi connectivity index (χ3n) is 1.68. The molecule has 0 aliphatic carbocycles. The molecule has 0 unspecified atom stereocenters. The molecule has 0 saturated heterocycles. The standard InChI is InChI=1S/C10H9F4NOS/c1-6(16)15-7-2-4-8(5-3-7)17-10(13,14)9(11)12/h2-5,9H,1H3,(H,15,16). The molecule has 94 valence electrons. The molecule has 0 aliphatic rings. The van der Waals surface area contributed by atoms with Crippen molar-refractivity contribution in [3.05, 3.63) is 24.3 Å². The van der Waals surface area contributed by atoms with Crippen LogP contribution in [0.5, 0.6) is 0 Å². The van der Waals surface area contributed by atoms with Gasteiger partial charge in [-0.05, 0) is 36.0 Å². The summed E-state index contributed by atoms with van der Waals surface area (Å²) < 4.78 is 49.2. The first-order chi connectivity index (χ1) is 7.81. The van der Waals surface area contributed by atoms with E-state index in [1.807, 2.05) is 0 Å². The van der Waals surface area contributed by atoms with E-state index in [4.69, 9.17) is 0 Å². The third kappa shape index (κ3) is 4.26. The zero-order chi connectivity index (χ0) is 13.1. The molecular weight excluding hydrogens is 258 g/mol. The van der Waals surface area contributed by atoms with Crippen LogP contribution in [0.2, 0.25) is 0 Å². The van der Waals surface area contributed by atoms with Gasteiger partial charge in [-0.15, -0.1) is 0 Å². The first-order valence-electron chi connectivity index (χ1n) is 4.54. The Balaban J connectivity index is 2.72. The summed E-state index contributed by atoms with van der Waals surface area (Å²) in [5.74, 6) is -0.302. The van der Waals surface area contributed by atoms with E-state index in [9.17, 15) is 22.4 Å². The summed E-state index contributed by atoms with van der Waals surface area (Å²) in [6.07, 6.45) is -3.72. The Morgan fingerprint density at radius 2 is 1.82 bits per heavy atom. The Hall–Kier alpha value is -1.24. The number of rotatable bonds is 4. The molecule has 0 saturated carbocycles. The van der Waals surface area contributed by atoms with E-state index >= 15 is 0 Å². The van der Waals surface area contributed by atoms with Crippen LogP contribution in [0.1, 0.15) is 6.92 Å². The van der Waals surface area contributed by atoms with Crippen molar-refractivity contribution in [2.24, 2.45) is 0 Å². The molecule has 0 fully saturated rings. The Morgan fingerprint density at radius 1 is 1.29 bits per heavy atom. The summed E-state index contributed by atoms with van der Waals surface area (Å²) >= 11 is -0.214. The normalized spacial score (nSPS) is 11.6. The minimum atomic E-state index is -4.12. The summed E-state index contributed by atoms with van der Waals surface area (Å²) in [7, 11) is 0. The highest BCUT2D eigenvalue weighted by Gasteiger charge is 2.41. The molecule has 1 amide bonds. The predicted molar refractivity (Wildman–Crippen MR) is 57.6 cm³/mol. The van der Waals surface area contributed by atoms with Gasteiger partial charge in [-0.3, -0.25) is 4.79 Å². The molecule has 0 spiro atoms. The van der Waals surface area contributed by atoms with Crippen LogP contribution >= 0.6 is 11.8 Å². The maximum atomic E-state index is 12.7. The minimum absolute atomic E-state index is 0.00408. The number of alkyl halides is 4. The van der Waals surface area contributed by atoms with Crippen LogP contribution in [0, 0.1) is 0 Å². The number of thioether (sulfide) groups is 1. The molecule has 1 aromatic carbocycles. The Morgan fingerprint density at radius 3 is 2.24 bits per heavy atom. The Labute approximate surface area is 99.4 Å². The lowest BCUT2D eigenvalue weighted by molar-refractivity contribution is -0.114. The lowest BCUT2D eigenvalue weighted by atomic mass is 10.3. The maximum absolute atomic E-state index is 12.7. The molecule has 1 rings (SSSR count). The number of hydrogen-bond acceptors (Lipinski definition) is 2. The lowest BCUT2D eigenvalue weighted by Gasteiger charge is -2.14. The van der Waals surface area contributed by atoms with Gasteiger partial charge in [0.25, 0.3) is 0 Å². The molecule has 0 bridgehead atoms. The van der Waals surface area contributed by atoms with Crippen LogP contribution in [0.25, 0.3) is 0 Å². The van der Waals surface area contributed by atoms with Crippen molar-refractivity contribution in [2.75, 3.05) is 5.32 Å². The average Bonchev–Trinajstić information content (AvgIpc) is 2.19. The first kappa shape index (κ1) is 13.8. The molecule has 0 heterocycles. The van der Waals surface area contributed by atoms with E-state index in [2.05, 4.69) is 5.32 Å². The second kappa shape index (κ2) is 5.39. The summed E-state index contributed by atoms with van der Waals surface area (Å²) in [5, 5.41) is -1.68. The van der Waals surface area contributed by atoms with Gasteiger partial charge in [0.2, 0.25) is 5.91 Å². The van der Waals surface area contributed by atoms with Crippen LogP contribution in [0.3, 0.4) is 0 Å². The van der Waals surface area contributed by atoms with E-state index < -0.39 is 11.7 Å². The van der Waals surface area contributed by atoms with E-state index in [-0.39, 0.29) is 22.6 Å². The first-order valence-corrected chi connectivity index (χ1v) is 5.35. The fourth-order valence-electron chi connectivity index (χ4n) is 1.01. The van der Waals surface area contributed by atoms with Crippen LogP contribution in [0.15, 0.2) is 29.2 Å². The van der Waals surface area contributed by atoms with E-state index in [0.717, 1.165) is 0 Å². The summed E-state index contributed by atoms with van der Waals surface area (Å²) in [6.45, 7) is 1.30. The molecule has 1 aromatic rings. The third-order valence-corrected chi connectivity index (χ3v) is 2.64. The second-order valence-electron chi connectivity index (χ2n) is 3.17. The summed E-state index contributed by atoms with van der Waals surface area (Å²) in [5.41, 5.74) is 0.419. The number of nitrogens with one attached hydrogen (secondary N) is 1. The minimum Gasteiger partial charge on any atom is -0.326 e. The number of halogens is 4. The van der Waals surface area contributed by atoms with Gasteiger partial charge < -0.3 is 5.32 Å². The van der Waals surface area contributed by atoms with Crippen LogP contribution < -0.4 is 5.32 Å². The summed E-state index contributed by atoms with van der Waals surface area (Å²) in [4.78, 5) is 10.7. The smallest absolute Gasteiger partial charge is 0.326 e. The van der Waals surface area contributed by atoms with Gasteiger partial charge >= 0.3 is 11.7 Å². The highest BCUT2D eigenvalue weighted by molar-refractivity contribution is 8.00. The van der Waals surface area contributed by atoms with Crippen molar-refractivity contribution < 1.29 is 22.4 Å². The number of hydrogen-bond donors (Lipinski definition) is 1. The van der Waals surface area contributed by atoms with Crippen molar-refractivity contribution >= 4 is 23.4 Å². The second-order valence-corrected chi connectivity index (χ2v) is 4.39. The van der Waals surface area contributed by atoms with Crippen molar-refractivity contribution in [3.8, 4) is 0 Å². The molecule has 17 heavy (non-hydrogen) atoms. The number of carbonyl (C=O) groups excluding carboxylic acids is 1. The number of amides is 1. The number of anilines is 1. The van der Waals surface area contributed by atoms with Crippen LogP contribution in [-0.2, 0) is 4.79 Å².